The van der Waals surface area contributed by atoms with Crippen molar-refractivity contribution >= 4 is 24.8 Å². The molecule has 0 radical (unpaired) electrons. The number of aliphatic hydroxyl groups is 2. The van der Waals surface area contributed by atoms with Crippen LogP contribution in [-0.2, 0) is 13.8 Å². The van der Waals surface area contributed by atoms with Gasteiger partial charge in [0.1, 0.15) is 30.2 Å². The minimum atomic E-state index is -4.72. The molecule has 1 aliphatic rings. The summed E-state index contributed by atoms with van der Waals surface area (Å²) in [5.41, 5.74) is 6.25. The molecule has 0 bridgehead atoms. The van der Waals surface area contributed by atoms with Crippen LogP contribution >= 0.6 is 7.82 Å². The van der Waals surface area contributed by atoms with E-state index in [9.17, 15) is 14.8 Å². The first kappa shape index (κ1) is 16.2. The first-order valence-corrected chi connectivity index (χ1v) is 7.95. The Morgan fingerprint density at radius 2 is 2.04 bits per heavy atom. The third-order valence-electron chi connectivity index (χ3n) is 3.41. The minimum absolute atomic E-state index is 0.142. The van der Waals surface area contributed by atoms with Crippen molar-refractivity contribution in [3.8, 4) is 0 Å². The van der Waals surface area contributed by atoms with E-state index in [-0.39, 0.29) is 11.5 Å². The number of rotatable bonds is 4. The number of ether oxygens (including phenoxy) is 1. The fourth-order valence-electron chi connectivity index (χ4n) is 2.32. The summed E-state index contributed by atoms with van der Waals surface area (Å²) in [4.78, 5) is 29.2. The molecule has 6 N–H and O–H groups in total. The maximum absolute atomic E-state index is 10.7. The molecule has 0 aliphatic carbocycles. The van der Waals surface area contributed by atoms with E-state index >= 15 is 0 Å². The van der Waals surface area contributed by atoms with Crippen molar-refractivity contribution < 1.29 is 33.8 Å². The van der Waals surface area contributed by atoms with Gasteiger partial charge in [-0.15, -0.1) is 0 Å². The maximum Gasteiger partial charge on any atom is 0.469 e. The molecule has 13 heteroatoms. The van der Waals surface area contributed by atoms with Crippen LogP contribution in [0.3, 0.4) is 0 Å². The molecule has 3 rings (SSSR count). The quantitative estimate of drug-likeness (QED) is 0.390. The molecule has 12 nitrogen and oxygen atoms in total. The van der Waals surface area contributed by atoms with Crippen LogP contribution in [0.2, 0.25) is 0 Å². The first-order valence-electron chi connectivity index (χ1n) is 6.42. The first-order chi connectivity index (χ1) is 10.8. The Kier molecular flexibility index (Phi) is 4.06. The van der Waals surface area contributed by atoms with Crippen LogP contribution in [0, 0.1) is 0 Å². The smallest absolute Gasteiger partial charge is 0.387 e. The Morgan fingerprint density at radius 3 is 2.74 bits per heavy atom. The number of imidazole rings is 1. The normalized spacial score (nSPS) is 28.5. The molecule has 1 fully saturated rings. The maximum atomic E-state index is 10.7. The predicted octanol–water partition coefficient (Wildman–Crippen LogP) is -1.86. The zero-order valence-electron chi connectivity index (χ0n) is 11.5. The zero-order chi connectivity index (χ0) is 16.8. The lowest BCUT2D eigenvalue weighted by Gasteiger charge is -2.16. The second-order valence-corrected chi connectivity index (χ2v) is 6.15. The fraction of sp³-hybridized carbons (Fsp3) is 0.500. The molecule has 0 saturated carbocycles. The minimum Gasteiger partial charge on any atom is -0.387 e. The van der Waals surface area contributed by atoms with Gasteiger partial charge in [0.05, 0.1) is 12.9 Å². The van der Waals surface area contributed by atoms with Gasteiger partial charge in [0.25, 0.3) is 0 Å². The zero-order valence-corrected chi connectivity index (χ0v) is 12.4. The summed E-state index contributed by atoms with van der Waals surface area (Å²) in [6, 6.07) is 0. The van der Waals surface area contributed by atoms with Crippen LogP contribution < -0.4 is 5.73 Å². The Labute approximate surface area is 128 Å². The van der Waals surface area contributed by atoms with Gasteiger partial charge < -0.3 is 30.5 Å². The van der Waals surface area contributed by atoms with Gasteiger partial charge >= 0.3 is 7.82 Å². The van der Waals surface area contributed by atoms with E-state index in [1.165, 1.54) is 17.2 Å². The van der Waals surface area contributed by atoms with Crippen molar-refractivity contribution in [1.29, 1.82) is 0 Å². The molecule has 2 aromatic rings. The van der Waals surface area contributed by atoms with Crippen molar-refractivity contribution in [2.45, 2.75) is 24.5 Å². The third-order valence-corrected chi connectivity index (χ3v) is 3.89. The molecule has 0 spiro atoms. The van der Waals surface area contributed by atoms with E-state index in [1.807, 2.05) is 0 Å². The van der Waals surface area contributed by atoms with Crippen molar-refractivity contribution in [3.63, 3.8) is 0 Å². The van der Waals surface area contributed by atoms with E-state index < -0.39 is 39.0 Å². The number of nitrogens with zero attached hydrogens (tertiary/aromatic N) is 4. The van der Waals surface area contributed by atoms with E-state index in [0.29, 0.717) is 5.52 Å². The Bertz CT molecular complexity index is 763. The number of hydrogen-bond acceptors (Lipinski definition) is 9. The summed E-state index contributed by atoms with van der Waals surface area (Å²) in [5, 5.41) is 20.1. The highest BCUT2D eigenvalue weighted by Gasteiger charge is 2.45. The van der Waals surface area contributed by atoms with Crippen LogP contribution in [0.5, 0.6) is 0 Å². The predicted molar refractivity (Wildman–Crippen MR) is 73.7 cm³/mol. The van der Waals surface area contributed by atoms with E-state index in [0.717, 1.165) is 0 Å². The Hall–Kier alpha value is -1.66. The summed E-state index contributed by atoms with van der Waals surface area (Å²) in [5.74, 6) is 0.142. The number of aromatic nitrogens is 4. The summed E-state index contributed by atoms with van der Waals surface area (Å²) in [7, 11) is -4.72. The summed E-state index contributed by atoms with van der Waals surface area (Å²) < 4.78 is 21.8. The van der Waals surface area contributed by atoms with E-state index in [1.54, 1.807) is 0 Å². The summed E-state index contributed by atoms with van der Waals surface area (Å²) in [6.45, 7) is -0.594. The standard InChI is InChI=1S/C10H14N5O7P/c11-8-5-9(13-2-12-8)15(3-14-5)10-7(17)6(16)4(22-10)1-21-23(18,19)20/h2-4,6-7,10,16-17H,1H2,(H2,11,12,13)(H2,18,19,20)/t4-,6-,7+,10?/m1/s1. The van der Waals surface area contributed by atoms with Crippen LogP contribution in [0.25, 0.3) is 11.2 Å². The Morgan fingerprint density at radius 1 is 1.30 bits per heavy atom. The average molecular weight is 347 g/mol. The highest BCUT2D eigenvalue weighted by atomic mass is 31.2. The number of anilines is 1. The van der Waals surface area contributed by atoms with Gasteiger partial charge in [-0.1, -0.05) is 0 Å². The van der Waals surface area contributed by atoms with Crippen LogP contribution in [0.1, 0.15) is 6.23 Å². The number of aliphatic hydroxyl groups excluding tert-OH is 2. The average Bonchev–Trinajstić information content (AvgIpc) is 3.01. The summed E-state index contributed by atoms with van der Waals surface area (Å²) >= 11 is 0. The molecule has 0 amide bonds. The molecule has 4 atom stereocenters. The fourth-order valence-corrected chi connectivity index (χ4v) is 2.66. The largest absolute Gasteiger partial charge is 0.469 e. The number of hydrogen-bond donors (Lipinski definition) is 5. The van der Waals surface area contributed by atoms with Gasteiger partial charge in [0.2, 0.25) is 0 Å². The van der Waals surface area contributed by atoms with Gasteiger partial charge in [-0.05, 0) is 0 Å². The molecule has 23 heavy (non-hydrogen) atoms. The molecular formula is C10H14N5O7P. The molecule has 3 heterocycles. The molecule has 1 aliphatic heterocycles. The highest BCUT2D eigenvalue weighted by Crippen LogP contribution is 2.38. The lowest BCUT2D eigenvalue weighted by atomic mass is 10.1. The Balaban J connectivity index is 1.85. The molecule has 126 valence electrons. The number of nitrogens with two attached hydrogens (primary N) is 1. The molecular weight excluding hydrogens is 333 g/mol. The van der Waals surface area contributed by atoms with Gasteiger partial charge in [0.15, 0.2) is 17.7 Å². The van der Waals surface area contributed by atoms with Crippen molar-refractivity contribution in [2.75, 3.05) is 12.3 Å². The number of fused-ring (bicyclic) bond motifs is 1. The number of nitrogen functional groups attached to an aromatic ring is 1. The van der Waals surface area contributed by atoms with E-state index in [4.69, 9.17) is 20.3 Å². The monoisotopic (exact) mass is 347 g/mol. The van der Waals surface area contributed by atoms with Gasteiger partial charge in [0, 0.05) is 0 Å². The van der Waals surface area contributed by atoms with Crippen molar-refractivity contribution in [1.82, 2.24) is 19.5 Å². The van der Waals surface area contributed by atoms with Crippen molar-refractivity contribution in [3.05, 3.63) is 12.7 Å². The molecule has 0 aromatic carbocycles. The molecule has 2 aromatic heterocycles. The SMILES string of the molecule is Nc1ncnc2c1ncn2C1O[C@H](COP(=O)(O)O)[C@@H](O)[C@@H]1O. The van der Waals surface area contributed by atoms with Gasteiger partial charge in [-0.3, -0.25) is 9.09 Å². The van der Waals surface area contributed by atoms with E-state index in [2.05, 4.69) is 19.5 Å². The van der Waals surface area contributed by atoms with Crippen LogP contribution in [-0.4, -0.2) is 64.4 Å². The summed E-state index contributed by atoms with van der Waals surface area (Å²) in [6.07, 6.45) is -2.49. The van der Waals surface area contributed by atoms with Crippen LogP contribution in [0.15, 0.2) is 12.7 Å². The lowest BCUT2D eigenvalue weighted by Crippen LogP contribution is -2.33. The third kappa shape index (κ3) is 3.05. The van der Waals surface area contributed by atoms with Crippen molar-refractivity contribution in [2.24, 2.45) is 0 Å². The molecule has 1 saturated heterocycles. The lowest BCUT2D eigenvalue weighted by molar-refractivity contribution is -0.0504. The highest BCUT2D eigenvalue weighted by molar-refractivity contribution is 7.46. The second-order valence-electron chi connectivity index (χ2n) is 4.92. The number of phosphoric acid groups is 1. The topological polar surface area (TPSA) is 186 Å². The second kappa shape index (κ2) is 5.76. The number of phosphoric ester groups is 1. The van der Waals surface area contributed by atoms with Gasteiger partial charge in [-0.25, -0.2) is 19.5 Å². The van der Waals surface area contributed by atoms with Crippen LogP contribution in [0.4, 0.5) is 5.82 Å². The molecule has 1 unspecified atom stereocenters. The van der Waals surface area contributed by atoms with Gasteiger partial charge in [-0.2, -0.15) is 0 Å².